The van der Waals surface area contributed by atoms with E-state index in [4.69, 9.17) is 5.73 Å². The van der Waals surface area contributed by atoms with Gasteiger partial charge in [-0.15, -0.1) is 0 Å². The molecule has 0 fully saturated rings. The number of nitrogens with one attached hydrogen (secondary N) is 1. The number of anilines is 1. The lowest BCUT2D eigenvalue weighted by atomic mass is 10.1. The molecule has 8 nitrogen and oxygen atoms in total. The van der Waals surface area contributed by atoms with Crippen LogP contribution in [-0.4, -0.2) is 61.0 Å². The minimum absolute atomic E-state index is 0.0411. The first kappa shape index (κ1) is 16.9. The van der Waals surface area contributed by atoms with Crippen LogP contribution < -0.4 is 10.5 Å². The summed E-state index contributed by atoms with van der Waals surface area (Å²) in [6.45, 7) is 3.41. The van der Waals surface area contributed by atoms with E-state index in [1.807, 2.05) is 0 Å². The Morgan fingerprint density at radius 3 is 2.45 bits per heavy atom. The van der Waals surface area contributed by atoms with Crippen LogP contribution in [0.1, 0.15) is 12.6 Å². The maximum absolute atomic E-state index is 12.3. The van der Waals surface area contributed by atoms with E-state index < -0.39 is 15.6 Å². The zero-order chi connectivity index (χ0) is 15.7. The van der Waals surface area contributed by atoms with Crippen molar-refractivity contribution < 1.29 is 13.5 Å². The van der Waals surface area contributed by atoms with Crippen LogP contribution in [0.3, 0.4) is 0 Å². The molecule has 116 valence electrons. The van der Waals surface area contributed by atoms with Crippen LogP contribution in [0.4, 0.5) is 5.82 Å². The molecule has 1 atom stereocenters. The van der Waals surface area contributed by atoms with E-state index in [9.17, 15) is 13.5 Å². The van der Waals surface area contributed by atoms with Gasteiger partial charge in [-0.2, -0.15) is 5.10 Å². The summed E-state index contributed by atoms with van der Waals surface area (Å²) in [7, 11) is 1.41. The Labute approximate surface area is 119 Å². The summed E-state index contributed by atoms with van der Waals surface area (Å²) >= 11 is 0. The first-order valence-corrected chi connectivity index (χ1v) is 7.60. The van der Waals surface area contributed by atoms with Gasteiger partial charge in [0.05, 0.1) is 11.3 Å². The topological polar surface area (TPSA) is 113 Å². The Morgan fingerprint density at radius 2 is 2.05 bits per heavy atom. The molecule has 1 aromatic heterocycles. The number of nitrogens with two attached hydrogens (primary N) is 1. The fourth-order valence-electron chi connectivity index (χ4n) is 2.01. The van der Waals surface area contributed by atoms with Gasteiger partial charge in [0.1, 0.15) is 4.90 Å². The summed E-state index contributed by atoms with van der Waals surface area (Å²) in [5.41, 5.74) is 4.89. The number of hydrogen-bond acceptors (Lipinski definition) is 6. The highest BCUT2D eigenvalue weighted by Crippen LogP contribution is 2.21. The number of nitrogen functional groups attached to an aromatic ring is 1. The van der Waals surface area contributed by atoms with E-state index in [0.29, 0.717) is 12.2 Å². The highest BCUT2D eigenvalue weighted by atomic mass is 32.2. The summed E-state index contributed by atoms with van der Waals surface area (Å²) in [5, 5.41) is 14.0. The molecule has 0 aliphatic rings. The summed E-state index contributed by atoms with van der Waals surface area (Å²) in [6, 6.07) is 0. The lowest BCUT2D eigenvalue weighted by Gasteiger charge is -2.27. The smallest absolute Gasteiger partial charge is 0.246 e. The Kier molecular flexibility index (Phi) is 4.80. The van der Waals surface area contributed by atoms with Gasteiger partial charge in [-0.3, -0.25) is 4.68 Å². The van der Waals surface area contributed by atoms with Crippen LogP contribution in [0.5, 0.6) is 0 Å². The predicted octanol–water partition coefficient (Wildman–Crippen LogP) is -1.10. The molecule has 1 rings (SSSR count). The summed E-state index contributed by atoms with van der Waals surface area (Å²) in [4.78, 5) is 1.73. The third kappa shape index (κ3) is 3.92. The molecule has 0 amide bonds. The zero-order valence-electron chi connectivity index (χ0n) is 12.5. The van der Waals surface area contributed by atoms with Gasteiger partial charge in [-0.1, -0.05) is 0 Å². The van der Waals surface area contributed by atoms with Gasteiger partial charge in [-0.05, 0) is 27.9 Å². The van der Waals surface area contributed by atoms with Gasteiger partial charge in [0.25, 0.3) is 0 Å². The molecule has 0 bridgehead atoms. The molecule has 20 heavy (non-hydrogen) atoms. The van der Waals surface area contributed by atoms with Crippen molar-refractivity contribution in [2.75, 3.05) is 32.9 Å². The van der Waals surface area contributed by atoms with Crippen molar-refractivity contribution in [3.05, 3.63) is 5.69 Å². The van der Waals surface area contributed by atoms with Gasteiger partial charge in [-0.25, -0.2) is 13.1 Å². The van der Waals surface area contributed by atoms with Crippen LogP contribution in [0.25, 0.3) is 0 Å². The molecule has 1 aromatic rings. The molecule has 0 aromatic carbocycles. The molecule has 1 unspecified atom stereocenters. The van der Waals surface area contributed by atoms with Crippen molar-refractivity contribution in [2.24, 2.45) is 7.05 Å². The lowest BCUT2D eigenvalue weighted by Crippen LogP contribution is -2.47. The lowest BCUT2D eigenvalue weighted by molar-refractivity contribution is 0.0386. The summed E-state index contributed by atoms with van der Waals surface area (Å²) in [5.74, 6) is -0.0512. The number of rotatable bonds is 6. The zero-order valence-corrected chi connectivity index (χ0v) is 13.3. The second kappa shape index (κ2) is 5.68. The fraction of sp³-hybridized carbons (Fsp3) is 0.727. The molecule has 0 saturated carbocycles. The minimum atomic E-state index is -3.81. The molecule has 4 N–H and O–H groups in total. The van der Waals surface area contributed by atoms with E-state index in [0.717, 1.165) is 0 Å². The molecule has 0 radical (unpaired) electrons. The Morgan fingerprint density at radius 1 is 1.50 bits per heavy atom. The van der Waals surface area contributed by atoms with E-state index in [2.05, 4.69) is 9.82 Å². The minimum Gasteiger partial charge on any atom is -0.387 e. The highest BCUT2D eigenvalue weighted by molar-refractivity contribution is 7.89. The fourth-order valence-corrected chi connectivity index (χ4v) is 3.49. The number of aromatic nitrogens is 2. The van der Waals surface area contributed by atoms with Gasteiger partial charge >= 0.3 is 0 Å². The second-order valence-corrected chi connectivity index (χ2v) is 7.19. The van der Waals surface area contributed by atoms with Crippen molar-refractivity contribution >= 4 is 15.8 Å². The number of aryl methyl sites for hydroxylation is 1. The number of aliphatic hydroxyl groups is 1. The first-order chi connectivity index (χ1) is 8.96. The molecule has 1 heterocycles. The van der Waals surface area contributed by atoms with Gasteiger partial charge in [0.2, 0.25) is 10.0 Å². The average molecular weight is 305 g/mol. The standard InChI is InChI=1S/C11H23N5O3S/c1-8-9(10(12)14-16(8)5)20(18,19)13-6-11(2,17)7-15(3)4/h13,17H,6-7H2,1-5H3,(H2,12,14). The van der Waals surface area contributed by atoms with Crippen LogP contribution in [0, 0.1) is 6.92 Å². The molecule has 0 saturated heterocycles. The van der Waals surface area contributed by atoms with Crippen molar-refractivity contribution in [2.45, 2.75) is 24.3 Å². The number of likely N-dealkylation sites (N-methyl/N-ethyl adjacent to an activating group) is 1. The number of sulfonamides is 1. The monoisotopic (exact) mass is 305 g/mol. The van der Waals surface area contributed by atoms with Crippen LogP contribution in [0.15, 0.2) is 4.90 Å². The quantitative estimate of drug-likeness (QED) is 0.615. The van der Waals surface area contributed by atoms with E-state index in [1.54, 1.807) is 39.9 Å². The van der Waals surface area contributed by atoms with Crippen molar-refractivity contribution in [1.82, 2.24) is 19.4 Å². The van der Waals surface area contributed by atoms with E-state index >= 15 is 0 Å². The summed E-state index contributed by atoms with van der Waals surface area (Å²) < 4.78 is 28.3. The van der Waals surface area contributed by atoms with Gasteiger partial charge in [0.15, 0.2) is 5.82 Å². The highest BCUT2D eigenvalue weighted by Gasteiger charge is 2.28. The Bertz CT molecular complexity index is 577. The largest absolute Gasteiger partial charge is 0.387 e. The third-order valence-corrected chi connectivity index (χ3v) is 4.44. The third-order valence-electron chi connectivity index (χ3n) is 2.87. The molecule has 0 aliphatic carbocycles. The molecule has 0 spiro atoms. The predicted molar refractivity (Wildman–Crippen MR) is 76.7 cm³/mol. The first-order valence-electron chi connectivity index (χ1n) is 6.12. The number of nitrogens with zero attached hydrogens (tertiary/aromatic N) is 3. The summed E-state index contributed by atoms with van der Waals surface area (Å²) in [6.07, 6.45) is 0. The molecular weight excluding hydrogens is 282 g/mol. The average Bonchev–Trinajstić information content (AvgIpc) is 2.49. The van der Waals surface area contributed by atoms with Crippen LogP contribution in [0.2, 0.25) is 0 Å². The van der Waals surface area contributed by atoms with Crippen molar-refractivity contribution in [1.29, 1.82) is 0 Å². The second-order valence-electron chi connectivity index (χ2n) is 5.48. The molecular formula is C11H23N5O3S. The SMILES string of the molecule is Cc1c(S(=O)(=O)NCC(C)(O)CN(C)C)c(N)nn1C. The van der Waals surface area contributed by atoms with E-state index in [-0.39, 0.29) is 17.3 Å². The van der Waals surface area contributed by atoms with Crippen LogP contribution >= 0.6 is 0 Å². The molecule has 9 heteroatoms. The number of hydrogen-bond donors (Lipinski definition) is 3. The van der Waals surface area contributed by atoms with Gasteiger partial charge in [0, 0.05) is 20.1 Å². The van der Waals surface area contributed by atoms with Crippen LogP contribution in [-0.2, 0) is 17.1 Å². The van der Waals surface area contributed by atoms with Gasteiger partial charge < -0.3 is 15.7 Å². The maximum atomic E-state index is 12.3. The Balaban J connectivity index is 2.91. The molecule has 0 aliphatic heterocycles. The van der Waals surface area contributed by atoms with Crippen molar-refractivity contribution in [3.8, 4) is 0 Å². The van der Waals surface area contributed by atoms with Crippen molar-refractivity contribution in [3.63, 3.8) is 0 Å². The maximum Gasteiger partial charge on any atom is 0.246 e. The normalized spacial score (nSPS) is 15.6. The Hall–Kier alpha value is -1.16. The van der Waals surface area contributed by atoms with E-state index in [1.165, 1.54) is 4.68 Å².